The number of rotatable bonds is 4. The third kappa shape index (κ3) is 3.65. The second-order valence-corrected chi connectivity index (χ2v) is 3.16. The maximum Gasteiger partial charge on any atom is 0.348 e. The highest BCUT2D eigenvalue weighted by molar-refractivity contribution is 5.97. The van der Waals surface area contributed by atoms with Gasteiger partial charge in [-0.2, -0.15) is 5.26 Å². The Bertz CT molecular complexity index is 455. The van der Waals surface area contributed by atoms with E-state index in [2.05, 4.69) is 4.74 Å². The molecule has 1 aromatic rings. The summed E-state index contributed by atoms with van der Waals surface area (Å²) < 4.78 is 9.77. The molecule has 0 aliphatic carbocycles. The van der Waals surface area contributed by atoms with Crippen LogP contribution in [0, 0.1) is 11.3 Å². The second-order valence-electron chi connectivity index (χ2n) is 3.16. The third-order valence-corrected chi connectivity index (χ3v) is 2.03. The molecule has 0 aliphatic heterocycles. The van der Waals surface area contributed by atoms with Crippen LogP contribution in [0.2, 0.25) is 0 Å². The molecule has 1 rings (SSSR count). The summed E-state index contributed by atoms with van der Waals surface area (Å²) in [5.74, 6) is 0.114. The van der Waals surface area contributed by atoms with Crippen molar-refractivity contribution in [3.05, 3.63) is 35.4 Å². The lowest BCUT2D eigenvalue weighted by molar-refractivity contribution is -0.135. The third-order valence-electron chi connectivity index (χ3n) is 2.03. The van der Waals surface area contributed by atoms with Crippen LogP contribution < -0.4 is 4.74 Å². The van der Waals surface area contributed by atoms with Crippen LogP contribution in [0.15, 0.2) is 29.8 Å². The van der Waals surface area contributed by atoms with Gasteiger partial charge in [-0.15, -0.1) is 0 Å². The van der Waals surface area contributed by atoms with E-state index < -0.39 is 5.97 Å². The van der Waals surface area contributed by atoms with E-state index in [1.165, 1.54) is 13.2 Å². The highest BCUT2D eigenvalue weighted by atomic mass is 16.5. The minimum absolute atomic E-state index is 0.0309. The number of hydrogen-bond donors (Lipinski definition) is 0. The van der Waals surface area contributed by atoms with Crippen LogP contribution in [0.1, 0.15) is 12.5 Å². The zero-order valence-electron chi connectivity index (χ0n) is 9.77. The van der Waals surface area contributed by atoms with E-state index in [9.17, 15) is 4.79 Å². The van der Waals surface area contributed by atoms with Gasteiger partial charge in [0.05, 0.1) is 13.7 Å². The van der Waals surface area contributed by atoms with Crippen LogP contribution >= 0.6 is 0 Å². The lowest BCUT2D eigenvalue weighted by Gasteiger charge is -2.02. The van der Waals surface area contributed by atoms with Gasteiger partial charge in [0, 0.05) is 0 Å². The van der Waals surface area contributed by atoms with E-state index in [0.29, 0.717) is 6.61 Å². The minimum atomic E-state index is -0.638. The van der Waals surface area contributed by atoms with Crippen molar-refractivity contribution in [3.63, 3.8) is 0 Å². The summed E-state index contributed by atoms with van der Waals surface area (Å²) in [6.45, 7) is 2.50. The van der Waals surface area contributed by atoms with Crippen molar-refractivity contribution in [2.75, 3.05) is 13.7 Å². The number of nitriles is 1. The highest BCUT2D eigenvalue weighted by Crippen LogP contribution is 2.14. The first-order chi connectivity index (χ1) is 8.21. The van der Waals surface area contributed by atoms with Crippen molar-refractivity contribution in [2.45, 2.75) is 6.92 Å². The van der Waals surface area contributed by atoms with E-state index in [0.717, 1.165) is 11.3 Å². The number of carbonyl (C=O) groups excluding carboxylic acids is 1. The topological polar surface area (TPSA) is 59.3 Å². The fourth-order valence-corrected chi connectivity index (χ4v) is 1.24. The van der Waals surface area contributed by atoms with Gasteiger partial charge >= 0.3 is 5.97 Å². The lowest BCUT2D eigenvalue weighted by Crippen LogP contribution is -2.02. The van der Waals surface area contributed by atoms with Gasteiger partial charge in [0.15, 0.2) is 0 Å². The molecule has 4 nitrogen and oxygen atoms in total. The van der Waals surface area contributed by atoms with Crippen LogP contribution in [-0.4, -0.2) is 19.7 Å². The molecule has 0 atom stereocenters. The molecule has 4 heteroatoms. The average molecular weight is 231 g/mol. The Morgan fingerprint density at radius 3 is 2.53 bits per heavy atom. The Balaban J connectivity index is 2.90. The van der Waals surface area contributed by atoms with Crippen molar-refractivity contribution in [1.29, 1.82) is 5.26 Å². The molecular weight excluding hydrogens is 218 g/mol. The summed E-state index contributed by atoms with van der Waals surface area (Å²) in [6.07, 6.45) is 1.47. The van der Waals surface area contributed by atoms with Crippen LogP contribution in [-0.2, 0) is 9.53 Å². The molecule has 0 saturated heterocycles. The molecule has 0 fully saturated rings. The van der Waals surface area contributed by atoms with Gasteiger partial charge in [-0.3, -0.25) is 0 Å². The van der Waals surface area contributed by atoms with Gasteiger partial charge < -0.3 is 9.47 Å². The first-order valence-electron chi connectivity index (χ1n) is 5.14. The van der Waals surface area contributed by atoms with Gasteiger partial charge in [0.2, 0.25) is 0 Å². The van der Waals surface area contributed by atoms with E-state index in [-0.39, 0.29) is 5.57 Å². The number of benzene rings is 1. The first-order valence-corrected chi connectivity index (χ1v) is 5.14. The largest absolute Gasteiger partial charge is 0.494 e. The summed E-state index contributed by atoms with van der Waals surface area (Å²) in [6, 6.07) is 8.89. The molecule has 0 amide bonds. The van der Waals surface area contributed by atoms with Crippen LogP contribution in [0.5, 0.6) is 5.75 Å². The standard InChI is InChI=1S/C13H13NO3/c1-3-17-12-6-4-10(5-7-12)8-11(9-14)13(15)16-2/h4-8H,3H2,1-2H3/b11-8+. The minimum Gasteiger partial charge on any atom is -0.494 e. The fraction of sp³-hybridized carbons (Fsp3) is 0.231. The van der Waals surface area contributed by atoms with E-state index in [4.69, 9.17) is 10.00 Å². The number of ether oxygens (including phenoxy) is 2. The molecule has 88 valence electrons. The molecule has 17 heavy (non-hydrogen) atoms. The van der Waals surface area contributed by atoms with Crippen molar-refractivity contribution in [3.8, 4) is 11.8 Å². The van der Waals surface area contributed by atoms with Gasteiger partial charge in [-0.05, 0) is 30.7 Å². The van der Waals surface area contributed by atoms with Crippen molar-refractivity contribution in [1.82, 2.24) is 0 Å². The molecule has 0 N–H and O–H groups in total. The smallest absolute Gasteiger partial charge is 0.348 e. The van der Waals surface area contributed by atoms with Gasteiger partial charge in [0.25, 0.3) is 0 Å². The van der Waals surface area contributed by atoms with Crippen molar-refractivity contribution >= 4 is 12.0 Å². The normalized spacial score (nSPS) is 10.5. The summed E-state index contributed by atoms with van der Waals surface area (Å²) >= 11 is 0. The molecule has 0 unspecified atom stereocenters. The maximum atomic E-state index is 11.2. The predicted octanol–water partition coefficient (Wildman–Crippen LogP) is 2.17. The SMILES string of the molecule is CCOc1ccc(/C=C(\C#N)C(=O)OC)cc1. The maximum absolute atomic E-state index is 11.2. The molecule has 0 aliphatic rings. The molecule has 0 saturated carbocycles. The predicted molar refractivity (Wildman–Crippen MR) is 63.2 cm³/mol. The molecule has 0 aromatic heterocycles. The zero-order valence-corrected chi connectivity index (χ0v) is 9.77. The van der Waals surface area contributed by atoms with Crippen LogP contribution in [0.4, 0.5) is 0 Å². The Labute approximate surface area is 100 Å². The molecule has 0 spiro atoms. The second kappa shape index (κ2) is 6.33. The monoisotopic (exact) mass is 231 g/mol. The quantitative estimate of drug-likeness (QED) is 0.452. The van der Waals surface area contributed by atoms with Gasteiger partial charge in [0.1, 0.15) is 17.4 Å². The average Bonchev–Trinajstić information content (AvgIpc) is 2.37. The van der Waals surface area contributed by atoms with Gasteiger partial charge in [-0.1, -0.05) is 12.1 Å². The van der Waals surface area contributed by atoms with Crippen LogP contribution in [0.25, 0.3) is 6.08 Å². The molecule has 1 aromatic carbocycles. The molecular formula is C13H13NO3. The van der Waals surface area contributed by atoms with Crippen LogP contribution in [0.3, 0.4) is 0 Å². The summed E-state index contributed by atoms with van der Waals surface area (Å²) in [7, 11) is 1.24. The van der Waals surface area contributed by atoms with E-state index in [1.54, 1.807) is 30.3 Å². The molecule has 0 radical (unpaired) electrons. The fourth-order valence-electron chi connectivity index (χ4n) is 1.24. The lowest BCUT2D eigenvalue weighted by atomic mass is 10.1. The molecule has 0 heterocycles. The number of hydrogen-bond acceptors (Lipinski definition) is 4. The van der Waals surface area contributed by atoms with E-state index in [1.807, 2.05) is 6.92 Å². The Morgan fingerprint density at radius 1 is 1.41 bits per heavy atom. The Kier molecular flexibility index (Phi) is 4.77. The first kappa shape index (κ1) is 12.8. The number of methoxy groups -OCH3 is 1. The number of carbonyl (C=O) groups is 1. The number of esters is 1. The summed E-state index contributed by atoms with van der Waals surface area (Å²) in [4.78, 5) is 11.2. The summed E-state index contributed by atoms with van der Waals surface area (Å²) in [5, 5.41) is 8.78. The highest BCUT2D eigenvalue weighted by Gasteiger charge is 2.08. The number of nitrogens with zero attached hydrogens (tertiary/aromatic N) is 1. The zero-order chi connectivity index (χ0) is 12.7. The summed E-state index contributed by atoms with van der Waals surface area (Å²) in [5.41, 5.74) is 0.715. The van der Waals surface area contributed by atoms with E-state index >= 15 is 0 Å². The van der Waals surface area contributed by atoms with Gasteiger partial charge in [-0.25, -0.2) is 4.79 Å². The van der Waals surface area contributed by atoms with Crippen molar-refractivity contribution in [2.24, 2.45) is 0 Å². The Morgan fingerprint density at radius 2 is 2.06 bits per heavy atom. The van der Waals surface area contributed by atoms with Crippen molar-refractivity contribution < 1.29 is 14.3 Å². The molecule has 0 bridgehead atoms. The Hall–Kier alpha value is -2.28.